The molecule has 0 aliphatic heterocycles. The highest BCUT2D eigenvalue weighted by Gasteiger charge is 2.30. The van der Waals surface area contributed by atoms with Gasteiger partial charge in [0.1, 0.15) is 0 Å². The predicted molar refractivity (Wildman–Crippen MR) is 79.5 cm³/mol. The Morgan fingerprint density at radius 2 is 1.20 bits per heavy atom. The van der Waals surface area contributed by atoms with Gasteiger partial charge in [0.2, 0.25) is 0 Å². The molecule has 0 unspecified atom stereocenters. The molecule has 20 heavy (non-hydrogen) atoms. The second-order valence-corrected chi connectivity index (χ2v) is 5.51. The molecule has 0 heterocycles. The van der Waals surface area contributed by atoms with Crippen LogP contribution in [0.1, 0.15) is 78.5 Å². The Bertz CT molecular complexity index is 519. The fourth-order valence-electron chi connectivity index (χ4n) is 2.08. The number of hydrogen-bond acceptors (Lipinski definition) is 3. The third-order valence-corrected chi connectivity index (χ3v) is 4.12. The number of rotatable bonds is 6. The number of benzene rings is 1. The smallest absolute Gasteiger partial charge is 0.168 e. The van der Waals surface area contributed by atoms with Crippen LogP contribution in [0.25, 0.3) is 0 Å². The van der Waals surface area contributed by atoms with Crippen LogP contribution in [0.2, 0.25) is 0 Å². The lowest BCUT2D eigenvalue weighted by molar-refractivity contribution is 0.0803. The molecule has 0 spiro atoms. The number of carbonyl (C=O) groups is 3. The molecule has 3 nitrogen and oxygen atoms in total. The SMILES string of the molecule is CCC(C)(CC)C(=O)c1cc(C(C)=O)cc(C(C)=O)c1. The maximum Gasteiger partial charge on any atom is 0.168 e. The van der Waals surface area contributed by atoms with E-state index >= 15 is 0 Å². The number of ketones is 3. The Kier molecular flexibility index (Phi) is 4.98. The van der Waals surface area contributed by atoms with Crippen molar-refractivity contribution in [1.29, 1.82) is 0 Å². The van der Waals surface area contributed by atoms with Gasteiger partial charge in [-0.3, -0.25) is 14.4 Å². The minimum Gasteiger partial charge on any atom is -0.295 e. The van der Waals surface area contributed by atoms with Crippen molar-refractivity contribution >= 4 is 17.3 Å². The zero-order valence-electron chi connectivity index (χ0n) is 12.9. The molecule has 0 bridgehead atoms. The summed E-state index contributed by atoms with van der Waals surface area (Å²) in [4.78, 5) is 35.8. The summed E-state index contributed by atoms with van der Waals surface area (Å²) in [6.45, 7) is 8.74. The minimum atomic E-state index is -0.455. The van der Waals surface area contributed by atoms with Crippen LogP contribution in [0.5, 0.6) is 0 Å². The molecule has 0 radical (unpaired) electrons. The summed E-state index contributed by atoms with van der Waals surface area (Å²) in [6.07, 6.45) is 1.45. The lowest BCUT2D eigenvalue weighted by atomic mass is 9.77. The van der Waals surface area contributed by atoms with Crippen LogP contribution in [0.3, 0.4) is 0 Å². The fourth-order valence-corrected chi connectivity index (χ4v) is 2.08. The Balaban J connectivity index is 3.41. The third kappa shape index (κ3) is 3.21. The summed E-state index contributed by atoms with van der Waals surface area (Å²) in [5.41, 5.74) is 0.823. The quantitative estimate of drug-likeness (QED) is 0.734. The summed E-state index contributed by atoms with van der Waals surface area (Å²) in [5, 5.41) is 0. The lowest BCUT2D eigenvalue weighted by Gasteiger charge is -2.25. The molecule has 108 valence electrons. The van der Waals surface area contributed by atoms with E-state index in [4.69, 9.17) is 0 Å². The van der Waals surface area contributed by atoms with Crippen LogP contribution in [-0.2, 0) is 0 Å². The van der Waals surface area contributed by atoms with Crippen LogP contribution >= 0.6 is 0 Å². The van der Waals surface area contributed by atoms with Gasteiger partial charge in [-0.15, -0.1) is 0 Å². The summed E-state index contributed by atoms with van der Waals surface area (Å²) in [7, 11) is 0. The highest BCUT2D eigenvalue weighted by molar-refractivity contribution is 6.06. The topological polar surface area (TPSA) is 51.2 Å². The molecule has 0 amide bonds. The normalized spacial score (nSPS) is 11.2. The molecule has 0 aliphatic rings. The van der Waals surface area contributed by atoms with Crippen LogP contribution in [0.15, 0.2) is 18.2 Å². The van der Waals surface area contributed by atoms with E-state index < -0.39 is 5.41 Å². The van der Waals surface area contributed by atoms with Crippen molar-refractivity contribution < 1.29 is 14.4 Å². The summed E-state index contributed by atoms with van der Waals surface area (Å²) < 4.78 is 0. The van der Waals surface area contributed by atoms with Gasteiger partial charge >= 0.3 is 0 Å². The first-order valence-electron chi connectivity index (χ1n) is 6.97. The van der Waals surface area contributed by atoms with Crippen molar-refractivity contribution in [2.45, 2.75) is 47.5 Å². The van der Waals surface area contributed by atoms with Crippen molar-refractivity contribution in [2.75, 3.05) is 0 Å². The summed E-state index contributed by atoms with van der Waals surface area (Å²) in [5.74, 6) is -0.290. The summed E-state index contributed by atoms with van der Waals surface area (Å²) in [6, 6.07) is 4.75. The third-order valence-electron chi connectivity index (χ3n) is 4.12. The molecule has 0 saturated heterocycles. The van der Waals surface area contributed by atoms with Crippen LogP contribution in [0.4, 0.5) is 0 Å². The van der Waals surface area contributed by atoms with E-state index in [2.05, 4.69) is 0 Å². The van der Waals surface area contributed by atoms with Crippen molar-refractivity contribution in [2.24, 2.45) is 5.41 Å². The summed E-state index contributed by atoms with van der Waals surface area (Å²) >= 11 is 0. The van der Waals surface area contributed by atoms with Crippen LogP contribution in [-0.4, -0.2) is 17.3 Å². The number of carbonyl (C=O) groups excluding carboxylic acids is 3. The zero-order chi connectivity index (χ0) is 15.5. The van der Waals surface area contributed by atoms with Gasteiger partial charge in [0.05, 0.1) is 0 Å². The molecule has 0 aliphatic carbocycles. The molecule has 0 saturated carbocycles. The van der Waals surface area contributed by atoms with E-state index in [0.717, 1.165) is 12.8 Å². The van der Waals surface area contributed by atoms with E-state index in [-0.39, 0.29) is 17.3 Å². The van der Waals surface area contributed by atoms with Crippen molar-refractivity contribution in [1.82, 2.24) is 0 Å². The Hall–Kier alpha value is -1.77. The predicted octanol–water partition coefficient (Wildman–Crippen LogP) is 4.10. The molecule has 1 aromatic carbocycles. The van der Waals surface area contributed by atoms with E-state index in [1.54, 1.807) is 18.2 Å². The molecule has 1 aromatic rings. The first kappa shape index (κ1) is 16.3. The van der Waals surface area contributed by atoms with Crippen molar-refractivity contribution in [3.05, 3.63) is 34.9 Å². The zero-order valence-corrected chi connectivity index (χ0v) is 12.9. The average molecular weight is 274 g/mol. The van der Waals surface area contributed by atoms with Crippen LogP contribution < -0.4 is 0 Å². The van der Waals surface area contributed by atoms with Gasteiger partial charge in [-0.05, 0) is 44.9 Å². The molecule has 0 N–H and O–H groups in total. The molecule has 1 rings (SSSR count). The van der Waals surface area contributed by atoms with Gasteiger partial charge in [0, 0.05) is 22.1 Å². The van der Waals surface area contributed by atoms with Gasteiger partial charge < -0.3 is 0 Å². The van der Waals surface area contributed by atoms with Gasteiger partial charge in [-0.2, -0.15) is 0 Å². The highest BCUT2D eigenvalue weighted by atomic mass is 16.1. The van der Waals surface area contributed by atoms with Gasteiger partial charge in [-0.1, -0.05) is 20.8 Å². The van der Waals surface area contributed by atoms with Crippen molar-refractivity contribution in [3.8, 4) is 0 Å². The maximum absolute atomic E-state index is 12.7. The van der Waals surface area contributed by atoms with Gasteiger partial charge in [0.15, 0.2) is 17.3 Å². The molecule has 0 atom stereocenters. The first-order chi connectivity index (χ1) is 9.25. The van der Waals surface area contributed by atoms with Gasteiger partial charge in [0.25, 0.3) is 0 Å². The van der Waals surface area contributed by atoms with Crippen molar-refractivity contribution in [3.63, 3.8) is 0 Å². The van der Waals surface area contributed by atoms with Gasteiger partial charge in [-0.25, -0.2) is 0 Å². The second-order valence-electron chi connectivity index (χ2n) is 5.51. The molecule has 0 fully saturated rings. The standard InChI is InChI=1S/C17H22O3/c1-6-17(5,7-2)16(20)15-9-13(11(3)18)8-14(10-15)12(4)19/h8-10H,6-7H2,1-5H3. The first-order valence-corrected chi connectivity index (χ1v) is 6.97. The molecular weight excluding hydrogens is 252 g/mol. The van der Waals surface area contributed by atoms with E-state index in [9.17, 15) is 14.4 Å². The molecular formula is C17H22O3. The molecule has 3 heteroatoms. The highest BCUT2D eigenvalue weighted by Crippen LogP contribution is 2.31. The molecule has 0 aromatic heterocycles. The van der Waals surface area contributed by atoms with E-state index in [1.165, 1.54) is 13.8 Å². The maximum atomic E-state index is 12.7. The van der Waals surface area contributed by atoms with E-state index in [0.29, 0.717) is 16.7 Å². The number of hydrogen-bond donors (Lipinski definition) is 0. The van der Waals surface area contributed by atoms with E-state index in [1.807, 2.05) is 20.8 Å². The lowest BCUT2D eigenvalue weighted by Crippen LogP contribution is -2.26. The van der Waals surface area contributed by atoms with Crippen LogP contribution in [0, 0.1) is 5.41 Å². The number of Topliss-reactive ketones (excluding diaryl/α,β-unsaturated/α-hetero) is 3. The Labute approximate surface area is 120 Å². The monoisotopic (exact) mass is 274 g/mol. The minimum absolute atomic E-state index is 0.00639. The Morgan fingerprint density at radius 3 is 1.50 bits per heavy atom. The largest absolute Gasteiger partial charge is 0.295 e. The Morgan fingerprint density at radius 1 is 0.850 bits per heavy atom. The average Bonchev–Trinajstić information content (AvgIpc) is 2.44. The fraction of sp³-hybridized carbons (Fsp3) is 0.471. The second kappa shape index (κ2) is 6.12.